The second-order valence-electron chi connectivity index (χ2n) is 10.2. The van der Waals surface area contributed by atoms with E-state index in [0.29, 0.717) is 6.42 Å². The van der Waals surface area contributed by atoms with Gasteiger partial charge >= 0.3 is 5.97 Å². The van der Waals surface area contributed by atoms with Gasteiger partial charge in [-0.1, -0.05) is 30.3 Å². The van der Waals surface area contributed by atoms with Crippen molar-refractivity contribution in [1.82, 2.24) is 16.0 Å². The maximum absolute atomic E-state index is 13.6. The van der Waals surface area contributed by atoms with Gasteiger partial charge < -0.3 is 61.2 Å². The summed E-state index contributed by atoms with van der Waals surface area (Å²) in [6, 6.07) is 4.38. The molecule has 0 aliphatic rings. The molecule has 4 atom stereocenters. The molecule has 0 aliphatic heterocycles. The number of nitrogens with zero attached hydrogens (tertiary/aromatic N) is 3. The maximum atomic E-state index is 13.6. The second kappa shape index (κ2) is 20.7. The predicted molar refractivity (Wildman–Crippen MR) is 171 cm³/mol. The molecule has 1 rings (SSSR count). The normalized spacial score (nSPS) is 13.2. The average Bonchev–Trinajstić information content (AvgIpc) is 2.97. The molecule has 3 amide bonds. The lowest BCUT2D eigenvalue weighted by Gasteiger charge is -2.25. The molecule has 0 aliphatic carbocycles. The number of carbonyl (C=O) groups excluding carboxylic acids is 3. The van der Waals surface area contributed by atoms with Crippen LogP contribution in [-0.2, 0) is 25.6 Å². The number of hydrogen-bond donors (Lipinski definition) is 11. The van der Waals surface area contributed by atoms with Crippen LogP contribution < -0.4 is 56.1 Å². The van der Waals surface area contributed by atoms with Crippen molar-refractivity contribution in [2.45, 2.75) is 69.1 Å². The van der Waals surface area contributed by atoms with Gasteiger partial charge in [-0.3, -0.25) is 29.4 Å². The zero-order chi connectivity index (χ0) is 33.8. The second-order valence-corrected chi connectivity index (χ2v) is 10.2. The third-order valence-corrected chi connectivity index (χ3v) is 6.36. The molecular formula is C27H47N13O5. The highest BCUT2D eigenvalue weighted by atomic mass is 16.4. The number of aliphatic imine (C=N–C) groups is 3. The molecule has 18 nitrogen and oxygen atoms in total. The molecule has 0 saturated carbocycles. The summed E-state index contributed by atoms with van der Waals surface area (Å²) in [5.74, 6) is -3.65. The number of hydrogen-bond acceptors (Lipinski definition) is 8. The number of aliphatic carboxylic acids is 1. The minimum Gasteiger partial charge on any atom is -0.480 e. The van der Waals surface area contributed by atoms with Crippen molar-refractivity contribution in [3.8, 4) is 0 Å². The fourth-order valence-corrected chi connectivity index (χ4v) is 4.07. The minimum absolute atomic E-state index is 0.0281. The number of benzene rings is 1. The Morgan fingerprint density at radius 3 is 1.53 bits per heavy atom. The molecule has 0 bridgehead atoms. The van der Waals surface area contributed by atoms with Crippen LogP contribution in [0.5, 0.6) is 0 Å². The van der Waals surface area contributed by atoms with Gasteiger partial charge in [0, 0.05) is 26.1 Å². The first-order valence-electron chi connectivity index (χ1n) is 14.4. The number of amides is 3. The van der Waals surface area contributed by atoms with Gasteiger partial charge in [0.1, 0.15) is 18.1 Å². The molecule has 45 heavy (non-hydrogen) atoms. The first-order chi connectivity index (χ1) is 21.3. The number of carboxylic acid groups (broad SMARTS) is 1. The van der Waals surface area contributed by atoms with Gasteiger partial charge in [-0.25, -0.2) is 4.79 Å². The number of guanidine groups is 3. The fourth-order valence-electron chi connectivity index (χ4n) is 4.07. The first-order valence-corrected chi connectivity index (χ1v) is 14.4. The molecule has 0 fully saturated rings. The highest BCUT2D eigenvalue weighted by Crippen LogP contribution is 2.08. The monoisotopic (exact) mass is 633 g/mol. The molecule has 18 N–H and O–H groups in total. The molecular weight excluding hydrogens is 586 g/mol. The third-order valence-electron chi connectivity index (χ3n) is 6.36. The topological polar surface area (TPSA) is 344 Å². The van der Waals surface area contributed by atoms with Crippen molar-refractivity contribution in [2.75, 3.05) is 19.6 Å². The Labute approximate surface area is 261 Å². The molecule has 0 spiro atoms. The highest BCUT2D eigenvalue weighted by molar-refractivity contribution is 5.94. The zero-order valence-electron chi connectivity index (χ0n) is 25.2. The lowest BCUT2D eigenvalue weighted by atomic mass is 10.0. The van der Waals surface area contributed by atoms with E-state index in [1.807, 2.05) is 0 Å². The van der Waals surface area contributed by atoms with Crippen LogP contribution in [0.1, 0.15) is 44.1 Å². The third kappa shape index (κ3) is 16.9. The number of rotatable bonds is 21. The summed E-state index contributed by atoms with van der Waals surface area (Å²) in [6.07, 6.45) is 1.40. The van der Waals surface area contributed by atoms with Gasteiger partial charge in [0.2, 0.25) is 17.7 Å². The summed E-state index contributed by atoms with van der Waals surface area (Å²) in [6.45, 7) is 0.596. The van der Waals surface area contributed by atoms with E-state index in [0.717, 1.165) is 5.56 Å². The highest BCUT2D eigenvalue weighted by Gasteiger charge is 2.30. The van der Waals surface area contributed by atoms with E-state index >= 15 is 0 Å². The van der Waals surface area contributed by atoms with E-state index in [-0.39, 0.29) is 76.0 Å². The van der Waals surface area contributed by atoms with Crippen LogP contribution in [0.25, 0.3) is 0 Å². The Balaban J connectivity index is 3.12. The van der Waals surface area contributed by atoms with Gasteiger partial charge in [-0.05, 0) is 44.1 Å². The molecule has 0 radical (unpaired) electrons. The largest absolute Gasteiger partial charge is 0.480 e. The van der Waals surface area contributed by atoms with Crippen molar-refractivity contribution < 1.29 is 24.3 Å². The van der Waals surface area contributed by atoms with Gasteiger partial charge in [0.15, 0.2) is 17.9 Å². The summed E-state index contributed by atoms with van der Waals surface area (Å²) in [7, 11) is 0. The summed E-state index contributed by atoms with van der Waals surface area (Å²) < 4.78 is 0. The Morgan fingerprint density at radius 2 is 1.04 bits per heavy atom. The number of carboxylic acids is 1. The van der Waals surface area contributed by atoms with Gasteiger partial charge in [0.25, 0.3) is 0 Å². The Hall–Kier alpha value is -5.13. The molecule has 0 saturated heterocycles. The first kappa shape index (κ1) is 37.9. The van der Waals surface area contributed by atoms with Crippen LogP contribution in [-0.4, -0.2) is 90.5 Å². The van der Waals surface area contributed by atoms with Crippen LogP contribution in [0.15, 0.2) is 45.3 Å². The van der Waals surface area contributed by atoms with Crippen molar-refractivity contribution in [2.24, 2.45) is 55.1 Å². The van der Waals surface area contributed by atoms with Crippen molar-refractivity contribution in [3.05, 3.63) is 35.9 Å². The van der Waals surface area contributed by atoms with E-state index in [4.69, 9.17) is 40.1 Å². The van der Waals surface area contributed by atoms with Crippen molar-refractivity contribution in [1.29, 1.82) is 0 Å². The number of nitrogens with one attached hydrogen (secondary N) is 3. The van der Waals surface area contributed by atoms with Crippen molar-refractivity contribution in [3.63, 3.8) is 0 Å². The predicted octanol–water partition coefficient (Wildman–Crippen LogP) is -3.74. The summed E-state index contributed by atoms with van der Waals surface area (Å²) in [5.41, 5.74) is 38.8. The molecule has 18 heteroatoms. The molecule has 0 heterocycles. The Morgan fingerprint density at radius 1 is 0.622 bits per heavy atom. The summed E-state index contributed by atoms with van der Waals surface area (Å²) in [5, 5.41) is 17.4. The Bertz CT molecular complexity index is 1180. The van der Waals surface area contributed by atoms with E-state index in [2.05, 4.69) is 30.9 Å². The van der Waals surface area contributed by atoms with Gasteiger partial charge in [0.05, 0.1) is 6.04 Å². The average molecular weight is 634 g/mol. The van der Waals surface area contributed by atoms with Gasteiger partial charge in [-0.2, -0.15) is 0 Å². The van der Waals surface area contributed by atoms with E-state index < -0.39 is 47.9 Å². The van der Waals surface area contributed by atoms with E-state index in [1.165, 1.54) is 0 Å². The smallest absolute Gasteiger partial charge is 0.326 e. The maximum Gasteiger partial charge on any atom is 0.326 e. The standard InChI is InChI=1S/C27H47N13O5/c28-17(9-4-12-35-25(29)30)21(41)40-20(15-16-7-2-1-3-8-16)23(43)38-18(10-5-13-36-26(31)32)22(42)39-19(24(44)45)11-6-14-37-27(33)34/h1-3,7-8,17-20H,4-6,9-15,28H2,(H,38,43)(H,39,42)(H,40,41)(H,44,45)(H4,29,30,35)(H4,31,32,36)(H4,33,34,37)/t17-,18-,19-,20-/m0/s1. The van der Waals surface area contributed by atoms with E-state index in [9.17, 15) is 24.3 Å². The fraction of sp³-hybridized carbons (Fsp3) is 0.519. The minimum atomic E-state index is -1.28. The molecule has 250 valence electrons. The molecule has 0 aromatic heterocycles. The van der Waals surface area contributed by atoms with Crippen LogP contribution >= 0.6 is 0 Å². The zero-order valence-corrected chi connectivity index (χ0v) is 25.2. The van der Waals surface area contributed by atoms with Crippen LogP contribution in [0, 0.1) is 0 Å². The van der Waals surface area contributed by atoms with E-state index in [1.54, 1.807) is 30.3 Å². The summed E-state index contributed by atoms with van der Waals surface area (Å²) >= 11 is 0. The van der Waals surface area contributed by atoms with Crippen LogP contribution in [0.4, 0.5) is 0 Å². The molecule has 1 aromatic carbocycles. The van der Waals surface area contributed by atoms with Crippen LogP contribution in [0.3, 0.4) is 0 Å². The van der Waals surface area contributed by atoms with Gasteiger partial charge in [-0.15, -0.1) is 0 Å². The lowest BCUT2D eigenvalue weighted by molar-refractivity contribution is -0.142. The number of carbonyl (C=O) groups is 4. The van der Waals surface area contributed by atoms with Crippen LogP contribution in [0.2, 0.25) is 0 Å². The molecule has 0 unspecified atom stereocenters. The number of nitrogens with two attached hydrogens (primary N) is 7. The van der Waals surface area contributed by atoms with Crippen molar-refractivity contribution >= 4 is 41.6 Å². The SMILES string of the molecule is NC(N)=NCCC[C@H](NC(=O)[C@H](CCCN=C(N)N)NC(=O)[C@H](Cc1ccccc1)NC(=O)[C@@H](N)CCCN=C(N)N)C(=O)O. The lowest BCUT2D eigenvalue weighted by Crippen LogP contribution is -2.57. The molecule has 1 aromatic rings. The quantitative estimate of drug-likeness (QED) is 0.0353. The Kier molecular flexibility index (Phi) is 17.4. The summed E-state index contributed by atoms with van der Waals surface area (Å²) in [4.78, 5) is 63.2.